The van der Waals surface area contributed by atoms with E-state index in [-0.39, 0.29) is 0 Å². The van der Waals surface area contributed by atoms with Crippen LogP contribution in [0.1, 0.15) is 25.5 Å². The van der Waals surface area contributed by atoms with Crippen molar-refractivity contribution in [3.63, 3.8) is 0 Å². The van der Waals surface area contributed by atoms with Crippen molar-refractivity contribution in [2.45, 2.75) is 19.8 Å². The van der Waals surface area contributed by atoms with Crippen molar-refractivity contribution >= 4 is 22.7 Å². The summed E-state index contributed by atoms with van der Waals surface area (Å²) in [6.07, 6.45) is 1.74. The van der Waals surface area contributed by atoms with E-state index in [0.29, 0.717) is 5.92 Å². The Morgan fingerprint density at radius 2 is 2.24 bits per heavy atom. The van der Waals surface area contributed by atoms with Crippen LogP contribution in [0.5, 0.6) is 0 Å². The molecular formula is C11H11N5S. The Balaban J connectivity index is 2.17. The maximum absolute atomic E-state index is 4.46. The fraction of sp³-hybridized carbons (Fsp3) is 0.273. The molecule has 86 valence electrons. The molecular weight excluding hydrogens is 234 g/mol. The summed E-state index contributed by atoms with van der Waals surface area (Å²) in [5.41, 5.74) is 2.64. The highest BCUT2D eigenvalue weighted by atomic mass is 32.1. The van der Waals surface area contributed by atoms with Crippen molar-refractivity contribution in [3.8, 4) is 10.7 Å². The summed E-state index contributed by atoms with van der Waals surface area (Å²) in [6, 6.07) is 3.85. The van der Waals surface area contributed by atoms with Gasteiger partial charge in [-0.15, -0.1) is 5.10 Å². The number of aromatic nitrogens is 5. The molecule has 0 aliphatic rings. The van der Waals surface area contributed by atoms with Crippen molar-refractivity contribution in [3.05, 3.63) is 24.0 Å². The molecule has 0 amide bonds. The number of fused-ring (bicyclic) bond motifs is 1. The highest BCUT2D eigenvalue weighted by Crippen LogP contribution is 2.29. The van der Waals surface area contributed by atoms with Crippen LogP contribution in [-0.2, 0) is 0 Å². The van der Waals surface area contributed by atoms with Gasteiger partial charge in [0, 0.05) is 6.20 Å². The predicted octanol–water partition coefficient (Wildman–Crippen LogP) is 2.60. The molecule has 3 aromatic heterocycles. The molecule has 0 aliphatic heterocycles. The second kappa shape index (κ2) is 3.89. The highest BCUT2D eigenvalue weighted by Gasteiger charge is 2.16. The number of pyridine rings is 1. The minimum Gasteiger partial charge on any atom is -0.336 e. The van der Waals surface area contributed by atoms with Gasteiger partial charge in [0.25, 0.3) is 0 Å². The first-order valence-electron chi connectivity index (χ1n) is 5.39. The molecule has 1 N–H and O–H groups in total. The third-order valence-electron chi connectivity index (χ3n) is 2.53. The van der Waals surface area contributed by atoms with Crippen LogP contribution in [0.4, 0.5) is 0 Å². The molecule has 3 rings (SSSR count). The van der Waals surface area contributed by atoms with Crippen LogP contribution in [0.2, 0.25) is 0 Å². The van der Waals surface area contributed by atoms with Crippen molar-refractivity contribution in [1.29, 1.82) is 0 Å². The zero-order valence-corrected chi connectivity index (χ0v) is 10.3. The average Bonchev–Trinajstić information content (AvgIpc) is 2.95. The summed E-state index contributed by atoms with van der Waals surface area (Å²) in [6.45, 7) is 4.20. The van der Waals surface area contributed by atoms with Gasteiger partial charge in [-0.2, -0.15) is 0 Å². The largest absolute Gasteiger partial charge is 0.336 e. The molecule has 17 heavy (non-hydrogen) atoms. The summed E-state index contributed by atoms with van der Waals surface area (Å²) < 4.78 is 4.00. The summed E-state index contributed by atoms with van der Waals surface area (Å²) >= 11 is 1.36. The van der Waals surface area contributed by atoms with Gasteiger partial charge in [0.15, 0.2) is 11.5 Å². The number of rotatable bonds is 2. The summed E-state index contributed by atoms with van der Waals surface area (Å²) in [7, 11) is 0. The van der Waals surface area contributed by atoms with Gasteiger partial charge in [-0.05, 0) is 29.6 Å². The number of hydrogen-bond acceptors (Lipinski definition) is 5. The lowest BCUT2D eigenvalue weighted by Crippen LogP contribution is -1.91. The van der Waals surface area contributed by atoms with Gasteiger partial charge < -0.3 is 4.98 Å². The van der Waals surface area contributed by atoms with Crippen LogP contribution >= 0.6 is 11.5 Å². The first kappa shape index (κ1) is 10.3. The van der Waals surface area contributed by atoms with E-state index in [0.717, 1.165) is 27.6 Å². The third-order valence-corrected chi connectivity index (χ3v) is 3.28. The van der Waals surface area contributed by atoms with Gasteiger partial charge in [-0.3, -0.25) is 0 Å². The van der Waals surface area contributed by atoms with Crippen LogP contribution < -0.4 is 0 Å². The Morgan fingerprint density at radius 1 is 1.35 bits per heavy atom. The summed E-state index contributed by atoms with van der Waals surface area (Å²) in [5.74, 6) is 1.14. The molecule has 0 spiro atoms. The molecule has 0 unspecified atom stereocenters. The van der Waals surface area contributed by atoms with E-state index in [1.807, 2.05) is 12.1 Å². The van der Waals surface area contributed by atoms with Crippen LogP contribution in [0, 0.1) is 0 Å². The molecule has 0 aliphatic carbocycles. The van der Waals surface area contributed by atoms with Gasteiger partial charge in [0.2, 0.25) is 0 Å². The lowest BCUT2D eigenvalue weighted by molar-refractivity contribution is 0.813. The molecule has 5 nitrogen and oxygen atoms in total. The van der Waals surface area contributed by atoms with Crippen molar-refractivity contribution < 1.29 is 0 Å². The van der Waals surface area contributed by atoms with E-state index in [1.54, 1.807) is 6.20 Å². The molecule has 0 aromatic carbocycles. The maximum Gasteiger partial charge on any atom is 0.178 e. The molecule has 0 atom stereocenters. The van der Waals surface area contributed by atoms with Gasteiger partial charge >= 0.3 is 0 Å². The Hall–Kier alpha value is -1.82. The van der Waals surface area contributed by atoms with Crippen molar-refractivity contribution in [1.82, 2.24) is 24.5 Å². The first-order chi connectivity index (χ1) is 8.25. The number of hydrogen-bond donors (Lipinski definition) is 1. The number of aromatic amines is 1. The minimum atomic E-state index is 0.338. The van der Waals surface area contributed by atoms with E-state index in [4.69, 9.17) is 0 Å². The molecule has 0 radical (unpaired) electrons. The van der Waals surface area contributed by atoms with Crippen molar-refractivity contribution in [2.24, 2.45) is 0 Å². The fourth-order valence-electron chi connectivity index (χ4n) is 1.69. The normalized spacial score (nSPS) is 11.5. The summed E-state index contributed by atoms with van der Waals surface area (Å²) in [5, 5.41) is 4.15. The van der Waals surface area contributed by atoms with Crippen LogP contribution in [-0.4, -0.2) is 24.5 Å². The molecule has 6 heteroatoms. The van der Waals surface area contributed by atoms with Gasteiger partial charge in [-0.1, -0.05) is 18.3 Å². The molecule has 0 fully saturated rings. The van der Waals surface area contributed by atoms with Crippen LogP contribution in [0.15, 0.2) is 18.3 Å². The smallest absolute Gasteiger partial charge is 0.178 e. The van der Waals surface area contributed by atoms with E-state index >= 15 is 0 Å². The molecule has 0 saturated heterocycles. The van der Waals surface area contributed by atoms with E-state index in [1.165, 1.54) is 11.5 Å². The quantitative estimate of drug-likeness (QED) is 0.753. The highest BCUT2D eigenvalue weighted by molar-refractivity contribution is 7.09. The lowest BCUT2D eigenvalue weighted by atomic mass is 10.1. The SMILES string of the molecule is CC(C)c1nnsc1-c1nc2ncccc2[nH]1. The zero-order valence-electron chi connectivity index (χ0n) is 9.51. The lowest BCUT2D eigenvalue weighted by Gasteiger charge is -2.00. The van der Waals surface area contributed by atoms with E-state index < -0.39 is 0 Å². The van der Waals surface area contributed by atoms with Crippen LogP contribution in [0.3, 0.4) is 0 Å². The Morgan fingerprint density at radius 3 is 3.00 bits per heavy atom. The van der Waals surface area contributed by atoms with Gasteiger partial charge in [-0.25, -0.2) is 9.97 Å². The minimum absolute atomic E-state index is 0.338. The average molecular weight is 245 g/mol. The van der Waals surface area contributed by atoms with Gasteiger partial charge in [0.05, 0.1) is 11.2 Å². The van der Waals surface area contributed by atoms with Gasteiger partial charge in [0.1, 0.15) is 4.88 Å². The Bertz CT molecular complexity index is 621. The molecule has 0 saturated carbocycles. The number of nitrogens with zero attached hydrogens (tertiary/aromatic N) is 4. The van der Waals surface area contributed by atoms with Crippen molar-refractivity contribution in [2.75, 3.05) is 0 Å². The third kappa shape index (κ3) is 1.70. The first-order valence-corrected chi connectivity index (χ1v) is 6.16. The zero-order chi connectivity index (χ0) is 11.8. The second-order valence-electron chi connectivity index (χ2n) is 4.10. The second-order valence-corrected chi connectivity index (χ2v) is 4.86. The molecule has 3 aromatic rings. The van der Waals surface area contributed by atoms with E-state index in [9.17, 15) is 0 Å². The monoisotopic (exact) mass is 245 g/mol. The fourth-order valence-corrected chi connectivity index (χ4v) is 2.46. The number of H-pyrrole nitrogens is 1. The predicted molar refractivity (Wildman–Crippen MR) is 66.9 cm³/mol. The number of imidazole rings is 1. The summed E-state index contributed by atoms with van der Waals surface area (Å²) in [4.78, 5) is 12.9. The number of nitrogens with one attached hydrogen (secondary N) is 1. The molecule has 3 heterocycles. The van der Waals surface area contributed by atoms with Crippen LogP contribution in [0.25, 0.3) is 21.9 Å². The topological polar surface area (TPSA) is 67.3 Å². The Labute approximate surface area is 102 Å². The molecule has 0 bridgehead atoms. The van der Waals surface area contributed by atoms with E-state index in [2.05, 4.69) is 38.4 Å². The Kier molecular flexibility index (Phi) is 2.36. The maximum atomic E-state index is 4.46. The standard InChI is InChI=1S/C11H11N5S/c1-6(2)8-9(17-16-15-8)11-13-7-4-3-5-12-10(7)14-11/h3-6H,1-2H3,(H,12,13,14).